The maximum absolute atomic E-state index is 10.9. The van der Waals surface area contributed by atoms with E-state index in [0.717, 1.165) is 51.6 Å². The van der Waals surface area contributed by atoms with Crippen LogP contribution in [-0.2, 0) is 4.79 Å². The van der Waals surface area contributed by atoms with Crippen molar-refractivity contribution in [2.24, 2.45) is 0 Å². The van der Waals surface area contributed by atoms with Gasteiger partial charge >= 0.3 is 5.97 Å². The molecule has 1 aliphatic rings. The summed E-state index contributed by atoms with van der Waals surface area (Å²) in [7, 11) is 0. The summed E-state index contributed by atoms with van der Waals surface area (Å²) >= 11 is 0. The minimum atomic E-state index is -0.678. The summed E-state index contributed by atoms with van der Waals surface area (Å²) in [5, 5.41) is 17.6. The summed E-state index contributed by atoms with van der Waals surface area (Å²) in [5.41, 5.74) is 0. The molecule has 0 bridgehead atoms. The predicted molar refractivity (Wildman–Crippen MR) is 57.8 cm³/mol. The van der Waals surface area contributed by atoms with Crippen molar-refractivity contribution in [2.45, 2.75) is 44.6 Å². The Bertz CT molecular complexity index is 196. The molecule has 0 radical (unpaired) electrons. The molecule has 1 heterocycles. The molecule has 88 valence electrons. The number of aliphatic hydroxyl groups excluding tert-OH is 1. The average Bonchev–Trinajstić information content (AvgIpc) is 2.66. The van der Waals surface area contributed by atoms with Gasteiger partial charge in [0.2, 0.25) is 0 Å². The van der Waals surface area contributed by atoms with Crippen LogP contribution < -0.4 is 0 Å². The van der Waals surface area contributed by atoms with E-state index in [1.54, 1.807) is 0 Å². The van der Waals surface area contributed by atoms with Crippen LogP contribution in [-0.4, -0.2) is 46.8 Å². The van der Waals surface area contributed by atoms with Crippen LogP contribution in [0.15, 0.2) is 0 Å². The normalized spacial score (nSPS) is 22.1. The second-order valence-electron chi connectivity index (χ2n) is 4.17. The summed E-state index contributed by atoms with van der Waals surface area (Å²) in [4.78, 5) is 12.9. The van der Waals surface area contributed by atoms with Crippen LogP contribution in [0.5, 0.6) is 0 Å². The maximum atomic E-state index is 10.9. The lowest BCUT2D eigenvalue weighted by atomic mass is 10.2. The lowest BCUT2D eigenvalue weighted by Crippen LogP contribution is -2.36. The number of hydrogen-bond donors (Lipinski definition) is 2. The van der Waals surface area contributed by atoms with Gasteiger partial charge in [0.25, 0.3) is 0 Å². The Kier molecular flexibility index (Phi) is 5.65. The second-order valence-corrected chi connectivity index (χ2v) is 4.17. The molecule has 4 heteroatoms. The van der Waals surface area contributed by atoms with Gasteiger partial charge in [0.15, 0.2) is 0 Å². The van der Waals surface area contributed by atoms with E-state index in [1.807, 2.05) is 0 Å². The molecule has 1 rings (SSSR count). The van der Waals surface area contributed by atoms with Crippen molar-refractivity contribution in [1.82, 2.24) is 4.90 Å². The lowest BCUT2D eigenvalue weighted by molar-refractivity contribution is -0.142. The van der Waals surface area contributed by atoms with Gasteiger partial charge in [0.1, 0.15) is 6.04 Å². The second kappa shape index (κ2) is 6.80. The number of carbonyl (C=O) groups is 1. The molecule has 0 spiro atoms. The molecular weight excluding hydrogens is 194 g/mol. The van der Waals surface area contributed by atoms with Gasteiger partial charge in [-0.3, -0.25) is 9.69 Å². The number of carboxylic acid groups (broad SMARTS) is 1. The van der Waals surface area contributed by atoms with Crippen molar-refractivity contribution < 1.29 is 15.0 Å². The van der Waals surface area contributed by atoms with Crippen LogP contribution in [0.2, 0.25) is 0 Å². The minimum absolute atomic E-state index is 0.247. The largest absolute Gasteiger partial charge is 0.480 e. The number of hydrogen-bond acceptors (Lipinski definition) is 3. The van der Waals surface area contributed by atoms with Crippen molar-refractivity contribution in [3.05, 3.63) is 0 Å². The van der Waals surface area contributed by atoms with Gasteiger partial charge < -0.3 is 10.2 Å². The SMILES string of the molecule is O=C(O)[C@@H]1CCCN1CCCCCCO. The zero-order valence-electron chi connectivity index (χ0n) is 9.19. The number of likely N-dealkylation sites (tertiary alicyclic amines) is 1. The first kappa shape index (κ1) is 12.5. The molecule has 4 nitrogen and oxygen atoms in total. The van der Waals surface area contributed by atoms with Crippen molar-refractivity contribution >= 4 is 5.97 Å². The van der Waals surface area contributed by atoms with E-state index < -0.39 is 5.97 Å². The molecule has 0 aromatic carbocycles. The van der Waals surface area contributed by atoms with E-state index in [2.05, 4.69) is 4.90 Å². The van der Waals surface area contributed by atoms with Gasteiger partial charge in [0, 0.05) is 6.61 Å². The number of aliphatic carboxylic acids is 1. The van der Waals surface area contributed by atoms with Gasteiger partial charge in [-0.2, -0.15) is 0 Å². The van der Waals surface area contributed by atoms with Gasteiger partial charge in [0.05, 0.1) is 0 Å². The molecule has 0 saturated carbocycles. The summed E-state index contributed by atoms with van der Waals surface area (Å²) < 4.78 is 0. The van der Waals surface area contributed by atoms with Crippen LogP contribution in [0, 0.1) is 0 Å². The van der Waals surface area contributed by atoms with E-state index >= 15 is 0 Å². The highest BCUT2D eigenvalue weighted by Gasteiger charge is 2.29. The van der Waals surface area contributed by atoms with Crippen LogP contribution in [0.1, 0.15) is 38.5 Å². The van der Waals surface area contributed by atoms with Gasteiger partial charge in [-0.1, -0.05) is 12.8 Å². The molecule has 0 aromatic heterocycles. The summed E-state index contributed by atoms with van der Waals surface area (Å²) in [6, 6.07) is -0.247. The Labute approximate surface area is 90.9 Å². The van der Waals surface area contributed by atoms with Crippen LogP contribution in [0.4, 0.5) is 0 Å². The Morgan fingerprint density at radius 1 is 1.27 bits per heavy atom. The third-order valence-electron chi connectivity index (χ3n) is 3.00. The number of unbranched alkanes of at least 4 members (excludes halogenated alkanes) is 3. The fraction of sp³-hybridized carbons (Fsp3) is 0.909. The smallest absolute Gasteiger partial charge is 0.320 e. The van der Waals surface area contributed by atoms with Crippen LogP contribution in [0.25, 0.3) is 0 Å². The molecule has 0 unspecified atom stereocenters. The quantitative estimate of drug-likeness (QED) is 0.624. The molecule has 1 aliphatic heterocycles. The van der Waals surface area contributed by atoms with E-state index in [4.69, 9.17) is 10.2 Å². The number of rotatable bonds is 7. The zero-order valence-corrected chi connectivity index (χ0v) is 9.19. The first-order valence-corrected chi connectivity index (χ1v) is 5.83. The summed E-state index contributed by atoms with van der Waals surface area (Å²) in [6.07, 6.45) is 5.84. The van der Waals surface area contributed by atoms with E-state index in [9.17, 15) is 4.79 Å². The van der Waals surface area contributed by atoms with Crippen molar-refractivity contribution in [2.75, 3.05) is 19.7 Å². The molecule has 1 saturated heterocycles. The highest BCUT2D eigenvalue weighted by Crippen LogP contribution is 2.18. The Morgan fingerprint density at radius 2 is 2.00 bits per heavy atom. The minimum Gasteiger partial charge on any atom is -0.480 e. The summed E-state index contributed by atoms with van der Waals surface area (Å²) in [6.45, 7) is 2.08. The van der Waals surface area contributed by atoms with Gasteiger partial charge in [-0.15, -0.1) is 0 Å². The van der Waals surface area contributed by atoms with E-state index in [-0.39, 0.29) is 12.6 Å². The first-order chi connectivity index (χ1) is 7.25. The average molecular weight is 215 g/mol. The Balaban J connectivity index is 2.12. The van der Waals surface area contributed by atoms with Crippen molar-refractivity contribution in [3.63, 3.8) is 0 Å². The van der Waals surface area contributed by atoms with E-state index in [0.29, 0.717) is 0 Å². The van der Waals surface area contributed by atoms with Crippen molar-refractivity contribution in [1.29, 1.82) is 0 Å². The third kappa shape index (κ3) is 4.18. The lowest BCUT2D eigenvalue weighted by Gasteiger charge is -2.20. The number of nitrogens with zero attached hydrogens (tertiary/aromatic N) is 1. The number of aliphatic hydroxyl groups is 1. The standard InChI is InChI=1S/C11H21NO3/c13-9-4-2-1-3-7-12-8-5-6-10(12)11(14)15/h10,13H,1-9H2,(H,14,15)/t10-/m0/s1. The third-order valence-corrected chi connectivity index (χ3v) is 3.00. The first-order valence-electron chi connectivity index (χ1n) is 5.83. The zero-order chi connectivity index (χ0) is 11.1. The highest BCUT2D eigenvalue weighted by molar-refractivity contribution is 5.73. The molecule has 0 aromatic rings. The fourth-order valence-electron chi connectivity index (χ4n) is 2.15. The molecule has 0 aliphatic carbocycles. The van der Waals surface area contributed by atoms with Gasteiger partial charge in [-0.25, -0.2) is 0 Å². The van der Waals surface area contributed by atoms with Gasteiger partial charge in [-0.05, 0) is 38.8 Å². The Morgan fingerprint density at radius 3 is 2.67 bits per heavy atom. The molecule has 1 fully saturated rings. The molecule has 0 amide bonds. The summed E-state index contributed by atoms with van der Waals surface area (Å²) in [5.74, 6) is -0.678. The van der Waals surface area contributed by atoms with Crippen LogP contribution in [0.3, 0.4) is 0 Å². The highest BCUT2D eigenvalue weighted by atomic mass is 16.4. The molecule has 15 heavy (non-hydrogen) atoms. The molecular formula is C11H21NO3. The van der Waals surface area contributed by atoms with Crippen molar-refractivity contribution in [3.8, 4) is 0 Å². The molecule has 1 atom stereocenters. The predicted octanol–water partition coefficient (Wildman–Crippen LogP) is 1.09. The molecule has 2 N–H and O–H groups in total. The number of carboxylic acids is 1. The monoisotopic (exact) mass is 215 g/mol. The van der Waals surface area contributed by atoms with E-state index in [1.165, 1.54) is 0 Å². The fourth-order valence-corrected chi connectivity index (χ4v) is 2.15. The topological polar surface area (TPSA) is 60.8 Å². The van der Waals surface area contributed by atoms with Crippen LogP contribution >= 0.6 is 0 Å². The Hall–Kier alpha value is -0.610. The maximum Gasteiger partial charge on any atom is 0.320 e.